The van der Waals surface area contributed by atoms with Gasteiger partial charge >= 0.3 is 0 Å². The molecule has 0 aliphatic rings. The van der Waals surface area contributed by atoms with Crippen molar-refractivity contribution in [1.82, 2.24) is 0 Å². The number of furan rings is 1. The highest BCUT2D eigenvalue weighted by molar-refractivity contribution is 5.14. The van der Waals surface area contributed by atoms with Crippen LogP contribution in [0.5, 0.6) is 0 Å². The van der Waals surface area contributed by atoms with Crippen LogP contribution in [0.15, 0.2) is 16.5 Å². The average molecular weight is 168 g/mol. The first kappa shape index (κ1) is 9.33. The molecule has 0 unspecified atom stereocenters. The molecule has 0 radical (unpaired) electrons. The van der Waals surface area contributed by atoms with Crippen LogP contribution in [0.3, 0.4) is 0 Å². The van der Waals surface area contributed by atoms with E-state index in [-0.39, 0.29) is 12.0 Å². The highest BCUT2D eigenvalue weighted by Gasteiger charge is 2.23. The van der Waals surface area contributed by atoms with Crippen molar-refractivity contribution in [2.75, 3.05) is 6.61 Å². The van der Waals surface area contributed by atoms with Crippen LogP contribution in [0.1, 0.15) is 31.8 Å². The minimum atomic E-state index is -0.0526. The molecule has 0 fully saturated rings. The van der Waals surface area contributed by atoms with Crippen molar-refractivity contribution in [2.24, 2.45) is 0 Å². The minimum Gasteiger partial charge on any atom is -0.466 e. The van der Waals surface area contributed by atoms with E-state index in [0.29, 0.717) is 0 Å². The van der Waals surface area contributed by atoms with Gasteiger partial charge in [-0.15, -0.1) is 0 Å². The molecule has 0 aliphatic carbocycles. The van der Waals surface area contributed by atoms with Crippen molar-refractivity contribution < 1.29 is 9.52 Å². The second-order valence-electron chi connectivity index (χ2n) is 3.77. The van der Waals surface area contributed by atoms with E-state index in [1.807, 2.05) is 19.1 Å². The highest BCUT2D eigenvalue weighted by Crippen LogP contribution is 2.27. The summed E-state index contributed by atoms with van der Waals surface area (Å²) in [7, 11) is 0. The molecule has 0 aliphatic heterocycles. The van der Waals surface area contributed by atoms with Gasteiger partial charge in [0.15, 0.2) is 0 Å². The second kappa shape index (κ2) is 3.31. The standard InChI is InChI=1S/C10H16O2/c1-8-4-5-9(12-8)10(2,3)6-7-11/h4-5,11H,6-7H2,1-3H3. The van der Waals surface area contributed by atoms with Crippen molar-refractivity contribution in [3.05, 3.63) is 23.7 Å². The maximum atomic E-state index is 8.83. The Kier molecular flexibility index (Phi) is 2.58. The first-order valence-electron chi connectivity index (χ1n) is 4.24. The fourth-order valence-corrected chi connectivity index (χ4v) is 1.20. The molecule has 0 spiro atoms. The van der Waals surface area contributed by atoms with Crippen molar-refractivity contribution in [3.63, 3.8) is 0 Å². The van der Waals surface area contributed by atoms with Gasteiger partial charge in [0.2, 0.25) is 0 Å². The number of aliphatic hydroxyl groups excluding tert-OH is 1. The van der Waals surface area contributed by atoms with Crippen LogP contribution in [0.25, 0.3) is 0 Å². The van der Waals surface area contributed by atoms with Gasteiger partial charge in [-0.1, -0.05) is 13.8 Å². The summed E-state index contributed by atoms with van der Waals surface area (Å²) in [5.74, 6) is 1.88. The molecule has 0 atom stereocenters. The molecule has 2 nitrogen and oxygen atoms in total. The first-order valence-corrected chi connectivity index (χ1v) is 4.24. The van der Waals surface area contributed by atoms with E-state index in [4.69, 9.17) is 9.52 Å². The fourth-order valence-electron chi connectivity index (χ4n) is 1.20. The van der Waals surface area contributed by atoms with Crippen molar-refractivity contribution in [3.8, 4) is 0 Å². The zero-order chi connectivity index (χ0) is 9.19. The van der Waals surface area contributed by atoms with Gasteiger partial charge in [0.25, 0.3) is 0 Å². The van der Waals surface area contributed by atoms with E-state index in [1.54, 1.807) is 0 Å². The van der Waals surface area contributed by atoms with E-state index in [0.717, 1.165) is 17.9 Å². The van der Waals surface area contributed by atoms with E-state index in [9.17, 15) is 0 Å². The summed E-state index contributed by atoms with van der Waals surface area (Å²) < 4.78 is 5.49. The Bertz CT molecular complexity index is 248. The molecule has 1 aromatic rings. The van der Waals surface area contributed by atoms with Gasteiger partial charge < -0.3 is 9.52 Å². The summed E-state index contributed by atoms with van der Waals surface area (Å²) in [4.78, 5) is 0. The molecule has 12 heavy (non-hydrogen) atoms. The molecule has 1 rings (SSSR count). The number of hydrogen-bond acceptors (Lipinski definition) is 2. The maximum Gasteiger partial charge on any atom is 0.109 e. The van der Waals surface area contributed by atoms with E-state index in [1.165, 1.54) is 0 Å². The van der Waals surface area contributed by atoms with Gasteiger partial charge in [-0.2, -0.15) is 0 Å². The van der Waals surface area contributed by atoms with Crippen molar-refractivity contribution >= 4 is 0 Å². The zero-order valence-corrected chi connectivity index (χ0v) is 7.92. The van der Waals surface area contributed by atoms with Gasteiger partial charge in [0.1, 0.15) is 11.5 Å². The van der Waals surface area contributed by atoms with Gasteiger partial charge in [-0.3, -0.25) is 0 Å². The second-order valence-corrected chi connectivity index (χ2v) is 3.77. The summed E-state index contributed by atoms with van der Waals surface area (Å²) in [6.07, 6.45) is 0.736. The minimum absolute atomic E-state index is 0.0526. The summed E-state index contributed by atoms with van der Waals surface area (Å²) in [5, 5.41) is 8.83. The summed E-state index contributed by atoms with van der Waals surface area (Å²) in [5.41, 5.74) is -0.0526. The largest absolute Gasteiger partial charge is 0.466 e. The monoisotopic (exact) mass is 168 g/mol. The lowest BCUT2D eigenvalue weighted by Gasteiger charge is -2.20. The predicted molar refractivity (Wildman–Crippen MR) is 48.2 cm³/mol. The number of rotatable bonds is 3. The van der Waals surface area contributed by atoms with Crippen LogP contribution < -0.4 is 0 Å². The SMILES string of the molecule is Cc1ccc(C(C)(C)CCO)o1. The normalized spacial score (nSPS) is 12.0. The van der Waals surface area contributed by atoms with Crippen LogP contribution in [0.2, 0.25) is 0 Å². The summed E-state index contributed by atoms with van der Waals surface area (Å²) >= 11 is 0. The van der Waals surface area contributed by atoms with Gasteiger partial charge in [-0.05, 0) is 25.5 Å². The molecule has 0 aromatic carbocycles. The smallest absolute Gasteiger partial charge is 0.109 e. The molecule has 0 saturated carbocycles. The topological polar surface area (TPSA) is 33.4 Å². The van der Waals surface area contributed by atoms with Gasteiger partial charge in [-0.25, -0.2) is 0 Å². The third-order valence-electron chi connectivity index (χ3n) is 2.14. The zero-order valence-electron chi connectivity index (χ0n) is 7.92. The van der Waals surface area contributed by atoms with Crippen LogP contribution in [0.4, 0.5) is 0 Å². The molecule has 0 bridgehead atoms. The Morgan fingerprint density at radius 3 is 2.50 bits per heavy atom. The van der Waals surface area contributed by atoms with Crippen LogP contribution in [-0.2, 0) is 5.41 Å². The number of aryl methyl sites for hydroxylation is 1. The Labute approximate surface area is 73.2 Å². The molecule has 0 amide bonds. The lowest BCUT2D eigenvalue weighted by molar-refractivity contribution is 0.235. The van der Waals surface area contributed by atoms with Gasteiger partial charge in [0.05, 0.1) is 0 Å². The maximum absolute atomic E-state index is 8.83. The highest BCUT2D eigenvalue weighted by atomic mass is 16.3. The Balaban J connectivity index is 2.81. The first-order chi connectivity index (χ1) is 5.56. The molecule has 0 saturated heterocycles. The Morgan fingerprint density at radius 2 is 2.08 bits per heavy atom. The molecule has 1 aromatic heterocycles. The summed E-state index contributed by atoms with van der Waals surface area (Å²) in [6.45, 7) is 6.27. The van der Waals surface area contributed by atoms with E-state index >= 15 is 0 Å². The molecular weight excluding hydrogens is 152 g/mol. The Morgan fingerprint density at radius 1 is 1.42 bits per heavy atom. The van der Waals surface area contributed by atoms with E-state index in [2.05, 4.69) is 13.8 Å². The van der Waals surface area contributed by atoms with Crippen molar-refractivity contribution in [2.45, 2.75) is 32.6 Å². The lowest BCUT2D eigenvalue weighted by atomic mass is 9.87. The van der Waals surface area contributed by atoms with Gasteiger partial charge in [0, 0.05) is 12.0 Å². The molecule has 1 N–H and O–H groups in total. The lowest BCUT2D eigenvalue weighted by Crippen LogP contribution is -2.17. The Hall–Kier alpha value is -0.760. The van der Waals surface area contributed by atoms with Crippen molar-refractivity contribution in [1.29, 1.82) is 0 Å². The predicted octanol–water partition coefficient (Wildman–Crippen LogP) is 2.25. The molecule has 68 valence electrons. The van der Waals surface area contributed by atoms with Crippen LogP contribution in [-0.4, -0.2) is 11.7 Å². The van der Waals surface area contributed by atoms with Crippen LogP contribution in [0, 0.1) is 6.92 Å². The molecule has 1 heterocycles. The number of aliphatic hydroxyl groups is 1. The quantitative estimate of drug-likeness (QED) is 0.751. The van der Waals surface area contributed by atoms with E-state index < -0.39 is 0 Å². The number of hydrogen-bond donors (Lipinski definition) is 1. The molecule has 2 heteroatoms. The molecular formula is C10H16O2. The van der Waals surface area contributed by atoms with Crippen LogP contribution >= 0.6 is 0 Å². The average Bonchev–Trinajstić information content (AvgIpc) is 2.36. The summed E-state index contributed by atoms with van der Waals surface area (Å²) in [6, 6.07) is 3.93. The third-order valence-corrected chi connectivity index (χ3v) is 2.14. The fraction of sp³-hybridized carbons (Fsp3) is 0.600. The third kappa shape index (κ3) is 1.89.